The summed E-state index contributed by atoms with van der Waals surface area (Å²) in [7, 11) is 0. The summed E-state index contributed by atoms with van der Waals surface area (Å²) in [5.74, 6) is -0.832. The Hall–Kier alpha value is -3.35. The zero-order valence-corrected chi connectivity index (χ0v) is 16.9. The third-order valence-electron chi connectivity index (χ3n) is 4.75. The van der Waals surface area contributed by atoms with Crippen molar-refractivity contribution in [3.63, 3.8) is 0 Å². The van der Waals surface area contributed by atoms with Gasteiger partial charge in [-0.25, -0.2) is 4.98 Å². The van der Waals surface area contributed by atoms with Crippen LogP contribution in [-0.4, -0.2) is 16.9 Å². The van der Waals surface area contributed by atoms with Crippen molar-refractivity contribution in [1.29, 1.82) is 0 Å². The number of benzene rings is 3. The van der Waals surface area contributed by atoms with E-state index in [0.717, 1.165) is 37.5 Å². The molecule has 148 valence electrons. The Morgan fingerprint density at radius 2 is 1.70 bits per heavy atom. The first-order valence-corrected chi connectivity index (χ1v) is 10.3. The standard InChI is InChI=1S/C24H19N3O2S/c25-21(24(28)27-29)14-16-5-3-7-18(13-16)19-8-4-9-20(15-19)30-23-12-11-17-6-1-2-10-22(17)26-23/h1-13,15,21H,14,25H2. The highest BCUT2D eigenvalue weighted by Gasteiger charge is 2.14. The van der Waals surface area contributed by atoms with Gasteiger partial charge in [-0.15, -0.1) is 4.91 Å². The first kappa shape index (κ1) is 19.9. The van der Waals surface area contributed by atoms with Crippen molar-refractivity contribution in [3.05, 3.63) is 95.4 Å². The molecule has 1 heterocycles. The van der Waals surface area contributed by atoms with Crippen LogP contribution in [0.5, 0.6) is 0 Å². The highest BCUT2D eigenvalue weighted by molar-refractivity contribution is 7.99. The van der Waals surface area contributed by atoms with Crippen LogP contribution in [0.1, 0.15) is 5.56 Å². The monoisotopic (exact) mass is 413 g/mol. The second kappa shape index (κ2) is 8.98. The van der Waals surface area contributed by atoms with E-state index in [0.29, 0.717) is 0 Å². The van der Waals surface area contributed by atoms with Gasteiger partial charge in [0.15, 0.2) is 0 Å². The minimum absolute atomic E-state index is 0.272. The number of nitrogens with zero attached hydrogens (tertiary/aromatic N) is 2. The number of amides is 1. The van der Waals surface area contributed by atoms with Crippen LogP contribution in [0.4, 0.5) is 0 Å². The van der Waals surface area contributed by atoms with E-state index in [-0.39, 0.29) is 6.42 Å². The highest BCUT2D eigenvalue weighted by Crippen LogP contribution is 2.31. The predicted octanol–water partition coefficient (Wildman–Crippen LogP) is 5.22. The third kappa shape index (κ3) is 4.62. The summed E-state index contributed by atoms with van der Waals surface area (Å²) in [6, 6.07) is 27.3. The smallest absolute Gasteiger partial charge is 0.303 e. The van der Waals surface area contributed by atoms with Crippen molar-refractivity contribution in [3.8, 4) is 11.1 Å². The summed E-state index contributed by atoms with van der Waals surface area (Å²) in [4.78, 5) is 27.6. The number of carbonyl (C=O) groups is 1. The molecule has 4 aromatic rings. The predicted molar refractivity (Wildman–Crippen MR) is 120 cm³/mol. The SMILES string of the molecule is NC(Cc1cccc(-c2cccc(Sc3ccc4ccccc4n3)c2)c1)C(=O)N=O. The van der Waals surface area contributed by atoms with Crippen LogP contribution < -0.4 is 5.73 Å². The fourth-order valence-corrected chi connectivity index (χ4v) is 4.10. The third-order valence-corrected chi connectivity index (χ3v) is 5.68. The van der Waals surface area contributed by atoms with Gasteiger partial charge in [-0.05, 0) is 47.4 Å². The van der Waals surface area contributed by atoms with Gasteiger partial charge in [-0.1, -0.05) is 72.4 Å². The lowest BCUT2D eigenvalue weighted by molar-refractivity contribution is -0.119. The zero-order chi connectivity index (χ0) is 20.9. The Balaban J connectivity index is 1.56. The van der Waals surface area contributed by atoms with E-state index in [1.54, 1.807) is 11.8 Å². The number of aromatic nitrogens is 1. The molecule has 0 spiro atoms. The highest BCUT2D eigenvalue weighted by atomic mass is 32.2. The van der Waals surface area contributed by atoms with Gasteiger partial charge < -0.3 is 5.73 Å². The lowest BCUT2D eigenvalue weighted by atomic mass is 9.99. The summed E-state index contributed by atoms with van der Waals surface area (Å²) >= 11 is 1.61. The van der Waals surface area contributed by atoms with E-state index < -0.39 is 11.9 Å². The molecule has 0 fully saturated rings. The van der Waals surface area contributed by atoms with Crippen LogP contribution in [0.3, 0.4) is 0 Å². The number of carbonyl (C=O) groups excluding carboxylic acids is 1. The van der Waals surface area contributed by atoms with E-state index in [4.69, 9.17) is 10.7 Å². The Bertz CT molecular complexity index is 1230. The molecule has 0 saturated heterocycles. The molecule has 1 amide bonds. The molecular weight excluding hydrogens is 394 g/mol. The van der Waals surface area contributed by atoms with Gasteiger partial charge in [0.05, 0.1) is 11.6 Å². The van der Waals surface area contributed by atoms with Crippen molar-refractivity contribution in [2.24, 2.45) is 10.9 Å². The molecule has 2 N–H and O–H groups in total. The summed E-state index contributed by atoms with van der Waals surface area (Å²) in [5.41, 5.74) is 9.67. The average Bonchev–Trinajstić information content (AvgIpc) is 2.79. The molecule has 4 rings (SSSR count). The van der Waals surface area contributed by atoms with Gasteiger partial charge in [0, 0.05) is 15.5 Å². The lowest BCUT2D eigenvalue weighted by Gasteiger charge is -2.10. The number of hydrogen-bond donors (Lipinski definition) is 1. The summed E-state index contributed by atoms with van der Waals surface area (Å²) < 4.78 is 0. The molecule has 30 heavy (non-hydrogen) atoms. The second-order valence-electron chi connectivity index (χ2n) is 6.91. The molecule has 0 saturated carbocycles. The molecule has 0 aliphatic carbocycles. The Labute approximate surface area is 178 Å². The van der Waals surface area contributed by atoms with Gasteiger partial charge in [0.2, 0.25) is 0 Å². The number of fused-ring (bicyclic) bond motifs is 1. The average molecular weight is 414 g/mol. The molecule has 0 aliphatic heterocycles. The summed E-state index contributed by atoms with van der Waals surface area (Å²) in [6.07, 6.45) is 0.272. The topological polar surface area (TPSA) is 85.4 Å². The molecule has 3 aromatic carbocycles. The summed E-state index contributed by atoms with van der Waals surface area (Å²) in [6.45, 7) is 0. The molecule has 1 atom stereocenters. The normalized spacial score (nSPS) is 11.9. The van der Waals surface area contributed by atoms with Crippen molar-refractivity contribution >= 4 is 28.6 Å². The maximum atomic E-state index is 11.4. The van der Waals surface area contributed by atoms with Crippen LogP contribution in [0.15, 0.2) is 100 Å². The van der Waals surface area contributed by atoms with Crippen LogP contribution in [0.25, 0.3) is 22.0 Å². The van der Waals surface area contributed by atoms with Crippen molar-refractivity contribution in [1.82, 2.24) is 4.98 Å². The Kier molecular flexibility index (Phi) is 5.97. The first-order chi connectivity index (χ1) is 14.6. The molecule has 0 radical (unpaired) electrons. The van der Waals surface area contributed by atoms with Gasteiger partial charge in [-0.3, -0.25) is 4.79 Å². The number of nitrogens with two attached hydrogens (primary N) is 1. The van der Waals surface area contributed by atoms with E-state index in [1.807, 2.05) is 60.7 Å². The molecule has 5 nitrogen and oxygen atoms in total. The quantitative estimate of drug-likeness (QED) is 0.438. The van der Waals surface area contributed by atoms with Crippen molar-refractivity contribution in [2.45, 2.75) is 22.4 Å². The number of para-hydroxylation sites is 1. The molecule has 6 heteroatoms. The van der Waals surface area contributed by atoms with Crippen molar-refractivity contribution < 1.29 is 4.79 Å². The molecule has 0 bridgehead atoms. The van der Waals surface area contributed by atoms with Crippen LogP contribution in [-0.2, 0) is 11.2 Å². The van der Waals surface area contributed by atoms with E-state index in [2.05, 4.69) is 29.4 Å². The van der Waals surface area contributed by atoms with E-state index >= 15 is 0 Å². The molecule has 0 aliphatic rings. The minimum Gasteiger partial charge on any atom is -0.319 e. The lowest BCUT2D eigenvalue weighted by Crippen LogP contribution is -2.31. The van der Waals surface area contributed by atoms with Gasteiger partial charge >= 0.3 is 5.91 Å². The van der Waals surface area contributed by atoms with Crippen molar-refractivity contribution in [2.75, 3.05) is 0 Å². The second-order valence-corrected chi connectivity index (χ2v) is 8.01. The van der Waals surface area contributed by atoms with E-state index in [1.165, 1.54) is 0 Å². The van der Waals surface area contributed by atoms with Crippen LogP contribution >= 0.6 is 11.8 Å². The number of hydrogen-bond acceptors (Lipinski definition) is 5. The molecular formula is C24H19N3O2S. The number of rotatable bonds is 6. The number of pyridine rings is 1. The molecule has 1 aromatic heterocycles. The van der Waals surface area contributed by atoms with Gasteiger partial charge in [-0.2, -0.15) is 0 Å². The van der Waals surface area contributed by atoms with Gasteiger partial charge in [0.1, 0.15) is 5.03 Å². The minimum atomic E-state index is -0.918. The first-order valence-electron chi connectivity index (χ1n) is 9.48. The van der Waals surface area contributed by atoms with E-state index in [9.17, 15) is 9.70 Å². The van der Waals surface area contributed by atoms with Gasteiger partial charge in [0.25, 0.3) is 0 Å². The number of nitroso groups, excluding NO2 is 1. The Morgan fingerprint density at radius 3 is 2.53 bits per heavy atom. The largest absolute Gasteiger partial charge is 0.319 e. The maximum absolute atomic E-state index is 11.4. The fraction of sp³-hybridized carbons (Fsp3) is 0.0833. The zero-order valence-electron chi connectivity index (χ0n) is 16.1. The fourth-order valence-electron chi connectivity index (χ4n) is 3.25. The maximum Gasteiger partial charge on any atom is 0.303 e. The Morgan fingerprint density at radius 1 is 0.933 bits per heavy atom. The molecule has 1 unspecified atom stereocenters. The summed E-state index contributed by atoms with van der Waals surface area (Å²) in [5, 5.41) is 4.47. The van der Waals surface area contributed by atoms with Crippen LogP contribution in [0, 0.1) is 4.91 Å². The van der Waals surface area contributed by atoms with Crippen LogP contribution in [0.2, 0.25) is 0 Å².